The normalized spacial score (nSPS) is 11.6. The summed E-state index contributed by atoms with van der Waals surface area (Å²) in [6.07, 6.45) is 2.63. The van der Waals surface area contributed by atoms with E-state index in [1.54, 1.807) is 13.3 Å². The number of aryl methyl sites for hydroxylation is 1. The summed E-state index contributed by atoms with van der Waals surface area (Å²) in [4.78, 5) is 11.9. The highest BCUT2D eigenvalue weighted by Gasteiger charge is 2.18. The third kappa shape index (κ3) is 4.62. The molecule has 0 bridgehead atoms. The van der Waals surface area contributed by atoms with Gasteiger partial charge in [-0.1, -0.05) is 13.8 Å². The van der Waals surface area contributed by atoms with Gasteiger partial charge in [0.15, 0.2) is 0 Å². The maximum absolute atomic E-state index is 11.9. The van der Waals surface area contributed by atoms with Crippen molar-refractivity contribution in [3.8, 4) is 0 Å². The predicted octanol–water partition coefficient (Wildman–Crippen LogP) is 2.50. The van der Waals surface area contributed by atoms with Gasteiger partial charge in [-0.25, -0.2) is 4.68 Å². The highest BCUT2D eigenvalue weighted by molar-refractivity contribution is 9.10. The highest BCUT2D eigenvalue weighted by Crippen LogP contribution is 2.23. The molecule has 0 spiro atoms. The Hall–Kier alpha value is -0.880. The van der Waals surface area contributed by atoms with Gasteiger partial charge in [0.2, 0.25) is 0 Å². The largest absolute Gasteiger partial charge is 0.385 e. The van der Waals surface area contributed by atoms with Crippen LogP contribution in [-0.2, 0) is 11.3 Å². The molecule has 1 aromatic rings. The number of rotatable bonds is 7. The Morgan fingerprint density at radius 3 is 2.79 bits per heavy atom. The van der Waals surface area contributed by atoms with E-state index in [2.05, 4.69) is 40.2 Å². The molecule has 0 saturated heterocycles. The van der Waals surface area contributed by atoms with Crippen LogP contribution in [0.2, 0.25) is 0 Å². The third-order valence-electron chi connectivity index (χ3n) is 3.02. The van der Waals surface area contributed by atoms with E-state index in [0.717, 1.165) is 25.3 Å². The molecule has 1 aromatic heterocycles. The number of methoxy groups -OCH3 is 1. The first-order chi connectivity index (χ1) is 8.91. The van der Waals surface area contributed by atoms with Gasteiger partial charge >= 0.3 is 0 Å². The van der Waals surface area contributed by atoms with Gasteiger partial charge in [-0.15, -0.1) is 0 Å². The van der Waals surface area contributed by atoms with Crippen LogP contribution >= 0.6 is 15.9 Å². The van der Waals surface area contributed by atoms with E-state index >= 15 is 0 Å². The Balaban J connectivity index is 2.73. The molecule has 1 rings (SSSR count). The molecule has 0 aliphatic rings. The van der Waals surface area contributed by atoms with Crippen LogP contribution < -0.4 is 10.9 Å². The van der Waals surface area contributed by atoms with Crippen molar-refractivity contribution in [1.82, 2.24) is 9.78 Å². The number of nitrogens with one attached hydrogen (secondary N) is 1. The van der Waals surface area contributed by atoms with Gasteiger partial charge in [-0.2, -0.15) is 5.10 Å². The Kier molecular flexibility index (Phi) is 6.00. The second-order valence-electron chi connectivity index (χ2n) is 5.25. The number of hydrogen-bond donors (Lipinski definition) is 1. The van der Waals surface area contributed by atoms with E-state index < -0.39 is 0 Å². The number of nitrogens with zero attached hydrogens (tertiary/aromatic N) is 2. The molecule has 5 nitrogen and oxygen atoms in total. The van der Waals surface area contributed by atoms with Gasteiger partial charge < -0.3 is 10.1 Å². The van der Waals surface area contributed by atoms with E-state index in [9.17, 15) is 4.79 Å². The average molecular weight is 332 g/mol. The Morgan fingerprint density at radius 1 is 1.53 bits per heavy atom. The lowest BCUT2D eigenvalue weighted by atomic mass is 9.89. The summed E-state index contributed by atoms with van der Waals surface area (Å²) in [5.41, 5.74) is 0.720. The Labute approximate surface area is 122 Å². The number of halogens is 1. The first-order valence-electron chi connectivity index (χ1n) is 6.39. The summed E-state index contributed by atoms with van der Waals surface area (Å²) in [6, 6.07) is 0. The van der Waals surface area contributed by atoms with Crippen molar-refractivity contribution in [2.75, 3.05) is 25.6 Å². The fourth-order valence-electron chi connectivity index (χ4n) is 1.61. The molecule has 6 heteroatoms. The first kappa shape index (κ1) is 16.2. The molecule has 0 atom stereocenters. The van der Waals surface area contributed by atoms with Crippen molar-refractivity contribution in [2.45, 2.75) is 33.7 Å². The van der Waals surface area contributed by atoms with E-state index in [4.69, 9.17) is 4.74 Å². The fraction of sp³-hybridized carbons (Fsp3) is 0.692. The first-order valence-corrected chi connectivity index (χ1v) is 7.19. The van der Waals surface area contributed by atoms with E-state index in [1.807, 2.05) is 6.92 Å². The predicted molar refractivity (Wildman–Crippen MR) is 80.6 cm³/mol. The van der Waals surface area contributed by atoms with Crippen molar-refractivity contribution in [1.29, 1.82) is 0 Å². The number of anilines is 1. The molecule has 0 saturated carbocycles. The van der Waals surface area contributed by atoms with Crippen molar-refractivity contribution < 1.29 is 4.74 Å². The second-order valence-corrected chi connectivity index (χ2v) is 6.05. The average Bonchev–Trinajstić information content (AvgIpc) is 2.38. The van der Waals surface area contributed by atoms with Crippen LogP contribution in [-0.4, -0.2) is 30.0 Å². The molecule has 0 radical (unpaired) electrons. The minimum Gasteiger partial charge on any atom is -0.385 e. The SMILES string of the molecule is CCn1ncc(NCC(C)(C)CCOC)c(Br)c1=O. The Bertz CT molecular complexity index is 471. The standard InChI is InChI=1S/C13H22BrN3O2/c1-5-17-12(18)11(14)10(8-16-17)15-9-13(2,3)6-7-19-4/h8,15H,5-7,9H2,1-4H3. The summed E-state index contributed by atoms with van der Waals surface area (Å²) in [5.74, 6) is 0. The van der Waals surface area contributed by atoms with Gasteiger partial charge in [0.1, 0.15) is 4.47 Å². The van der Waals surface area contributed by atoms with Crippen LogP contribution in [0.3, 0.4) is 0 Å². The topological polar surface area (TPSA) is 56.1 Å². The van der Waals surface area contributed by atoms with Gasteiger partial charge in [0.05, 0.1) is 11.9 Å². The summed E-state index contributed by atoms with van der Waals surface area (Å²) < 4.78 is 7.06. The van der Waals surface area contributed by atoms with Gasteiger partial charge in [-0.05, 0) is 34.7 Å². The summed E-state index contributed by atoms with van der Waals surface area (Å²) in [7, 11) is 1.70. The molecule has 0 fully saturated rings. The maximum Gasteiger partial charge on any atom is 0.283 e. The molecular weight excluding hydrogens is 310 g/mol. The zero-order valence-electron chi connectivity index (χ0n) is 12.0. The second kappa shape index (κ2) is 7.05. The quantitative estimate of drug-likeness (QED) is 0.834. The van der Waals surface area contributed by atoms with Crippen LogP contribution in [0.5, 0.6) is 0 Å². The van der Waals surface area contributed by atoms with E-state index in [0.29, 0.717) is 11.0 Å². The van der Waals surface area contributed by atoms with Crippen molar-refractivity contribution in [3.05, 3.63) is 21.0 Å². The van der Waals surface area contributed by atoms with Crippen molar-refractivity contribution in [3.63, 3.8) is 0 Å². The molecule has 0 aromatic carbocycles. The van der Waals surface area contributed by atoms with Crippen LogP contribution in [0.15, 0.2) is 15.5 Å². The number of hydrogen-bond acceptors (Lipinski definition) is 4. The number of ether oxygens (including phenoxy) is 1. The van der Waals surface area contributed by atoms with Crippen LogP contribution in [0, 0.1) is 5.41 Å². The van der Waals surface area contributed by atoms with E-state index in [-0.39, 0.29) is 11.0 Å². The smallest absolute Gasteiger partial charge is 0.283 e. The third-order valence-corrected chi connectivity index (χ3v) is 3.79. The number of aromatic nitrogens is 2. The molecule has 1 heterocycles. The van der Waals surface area contributed by atoms with E-state index in [1.165, 1.54) is 4.68 Å². The minimum atomic E-state index is -0.109. The zero-order valence-corrected chi connectivity index (χ0v) is 13.6. The van der Waals surface area contributed by atoms with Gasteiger partial charge in [0, 0.05) is 26.8 Å². The lowest BCUT2D eigenvalue weighted by Gasteiger charge is -2.25. The maximum atomic E-state index is 11.9. The molecule has 0 unspecified atom stereocenters. The summed E-state index contributed by atoms with van der Waals surface area (Å²) in [6.45, 7) is 8.26. The minimum absolute atomic E-state index is 0.0923. The van der Waals surface area contributed by atoms with Gasteiger partial charge in [-0.3, -0.25) is 4.79 Å². The lowest BCUT2D eigenvalue weighted by Crippen LogP contribution is -2.27. The molecular formula is C13H22BrN3O2. The zero-order chi connectivity index (χ0) is 14.5. The van der Waals surface area contributed by atoms with Gasteiger partial charge in [0.25, 0.3) is 5.56 Å². The van der Waals surface area contributed by atoms with Crippen molar-refractivity contribution >= 4 is 21.6 Å². The summed E-state index contributed by atoms with van der Waals surface area (Å²) in [5, 5.41) is 7.38. The molecule has 19 heavy (non-hydrogen) atoms. The fourth-order valence-corrected chi connectivity index (χ4v) is 2.06. The van der Waals surface area contributed by atoms with Crippen molar-refractivity contribution in [2.24, 2.45) is 5.41 Å². The van der Waals surface area contributed by atoms with Crippen LogP contribution in [0.1, 0.15) is 27.2 Å². The lowest BCUT2D eigenvalue weighted by molar-refractivity contribution is 0.157. The Morgan fingerprint density at radius 2 is 2.21 bits per heavy atom. The van der Waals surface area contributed by atoms with Crippen LogP contribution in [0.4, 0.5) is 5.69 Å². The highest BCUT2D eigenvalue weighted by atomic mass is 79.9. The monoisotopic (exact) mass is 331 g/mol. The van der Waals surface area contributed by atoms with Crippen LogP contribution in [0.25, 0.3) is 0 Å². The molecule has 0 amide bonds. The molecule has 108 valence electrons. The summed E-state index contributed by atoms with van der Waals surface area (Å²) >= 11 is 3.33. The molecule has 0 aliphatic carbocycles. The molecule has 1 N–H and O–H groups in total. The molecule has 0 aliphatic heterocycles.